The number of hydrogen-bond donors (Lipinski definition) is 0. The first-order chi connectivity index (χ1) is 12.2. The second-order valence-corrected chi connectivity index (χ2v) is 6.75. The molecule has 3 nitrogen and oxygen atoms in total. The van der Waals surface area contributed by atoms with E-state index in [2.05, 4.69) is 29.3 Å². The maximum Gasteiger partial charge on any atom is 0.272 e. The van der Waals surface area contributed by atoms with Crippen molar-refractivity contribution in [2.24, 2.45) is 12.0 Å². The van der Waals surface area contributed by atoms with Crippen molar-refractivity contribution in [3.05, 3.63) is 83.2 Å². The largest absolute Gasteiger partial charge is 0.319 e. The van der Waals surface area contributed by atoms with Gasteiger partial charge in [0.15, 0.2) is 4.80 Å². The highest BCUT2D eigenvalue weighted by Gasteiger charge is 2.07. The monoisotopic (exact) mass is 344 g/mol. The Bertz CT molecular complexity index is 1170. The molecule has 0 unspecified atom stereocenters. The molecule has 4 rings (SSSR count). The van der Waals surface area contributed by atoms with Gasteiger partial charge < -0.3 is 4.57 Å². The number of fused-ring (bicyclic) bond motifs is 3. The summed E-state index contributed by atoms with van der Waals surface area (Å²) in [6.45, 7) is 0. The molecule has 0 fully saturated rings. The minimum Gasteiger partial charge on any atom is -0.319 e. The molecule has 0 aliphatic rings. The minimum atomic E-state index is -0.254. The summed E-state index contributed by atoms with van der Waals surface area (Å²) in [5.74, 6) is -0.254. The molecule has 4 aromatic rings. The molecule has 0 aliphatic heterocycles. The van der Waals surface area contributed by atoms with E-state index in [0.717, 1.165) is 15.8 Å². The summed E-state index contributed by atoms with van der Waals surface area (Å²) in [4.78, 5) is 17.2. The number of amides is 1. The number of thiazole rings is 1. The number of benzene rings is 3. The lowest BCUT2D eigenvalue weighted by Gasteiger charge is -1.99. The SMILES string of the molecule is Cn1c(=NC(=O)/C=C/c2ccccc2)sc2c3ccccc3ccc21. The van der Waals surface area contributed by atoms with Crippen molar-refractivity contribution >= 4 is 44.3 Å². The maximum absolute atomic E-state index is 12.2. The average Bonchev–Trinajstić information content (AvgIpc) is 2.97. The van der Waals surface area contributed by atoms with E-state index in [1.165, 1.54) is 16.8 Å². The van der Waals surface area contributed by atoms with Crippen molar-refractivity contribution in [3.8, 4) is 0 Å². The van der Waals surface area contributed by atoms with Gasteiger partial charge in [0.2, 0.25) is 0 Å². The summed E-state index contributed by atoms with van der Waals surface area (Å²) in [6, 6.07) is 22.2. The number of rotatable bonds is 2. The smallest absolute Gasteiger partial charge is 0.272 e. The minimum absolute atomic E-state index is 0.254. The van der Waals surface area contributed by atoms with Crippen molar-refractivity contribution < 1.29 is 4.79 Å². The summed E-state index contributed by atoms with van der Waals surface area (Å²) >= 11 is 1.54. The Morgan fingerprint density at radius 2 is 1.76 bits per heavy atom. The van der Waals surface area contributed by atoms with Gasteiger partial charge in [-0.1, -0.05) is 72.0 Å². The standard InChI is InChI=1S/C21H16N2OS/c1-23-18-13-12-16-9-5-6-10-17(16)20(18)25-21(23)22-19(24)14-11-15-7-3-2-4-8-15/h2-14H,1H3/b14-11+,22-21?. The van der Waals surface area contributed by atoms with Crippen LogP contribution in [0.4, 0.5) is 0 Å². The summed E-state index contributed by atoms with van der Waals surface area (Å²) in [5, 5.41) is 2.38. The van der Waals surface area contributed by atoms with Crippen LogP contribution in [0, 0.1) is 0 Å². The average molecular weight is 344 g/mol. The van der Waals surface area contributed by atoms with Crippen LogP contribution in [0.2, 0.25) is 0 Å². The van der Waals surface area contributed by atoms with Crippen LogP contribution in [-0.4, -0.2) is 10.5 Å². The molecule has 3 aromatic carbocycles. The molecule has 0 atom stereocenters. The van der Waals surface area contributed by atoms with E-state index in [9.17, 15) is 4.79 Å². The van der Waals surface area contributed by atoms with Gasteiger partial charge in [-0.05, 0) is 23.1 Å². The molecule has 25 heavy (non-hydrogen) atoms. The molecular weight excluding hydrogens is 328 g/mol. The van der Waals surface area contributed by atoms with Crippen LogP contribution in [-0.2, 0) is 11.8 Å². The van der Waals surface area contributed by atoms with Gasteiger partial charge in [-0.15, -0.1) is 0 Å². The zero-order valence-electron chi connectivity index (χ0n) is 13.7. The van der Waals surface area contributed by atoms with Crippen molar-refractivity contribution in [2.45, 2.75) is 0 Å². The molecule has 0 radical (unpaired) electrons. The van der Waals surface area contributed by atoms with Gasteiger partial charge in [0.25, 0.3) is 5.91 Å². The molecule has 0 bridgehead atoms. The van der Waals surface area contributed by atoms with E-state index in [0.29, 0.717) is 4.80 Å². The van der Waals surface area contributed by atoms with E-state index >= 15 is 0 Å². The van der Waals surface area contributed by atoms with E-state index in [1.807, 2.05) is 54.1 Å². The van der Waals surface area contributed by atoms with Crippen LogP contribution in [0.15, 0.2) is 77.8 Å². The first-order valence-electron chi connectivity index (χ1n) is 8.01. The van der Waals surface area contributed by atoms with Gasteiger partial charge in [-0.3, -0.25) is 4.79 Å². The predicted molar refractivity (Wildman–Crippen MR) is 104 cm³/mol. The van der Waals surface area contributed by atoms with Crippen LogP contribution in [0.5, 0.6) is 0 Å². The topological polar surface area (TPSA) is 34.4 Å². The van der Waals surface area contributed by atoms with Gasteiger partial charge in [0, 0.05) is 18.5 Å². The van der Waals surface area contributed by atoms with Crippen molar-refractivity contribution in [2.75, 3.05) is 0 Å². The highest BCUT2D eigenvalue weighted by atomic mass is 32.1. The van der Waals surface area contributed by atoms with Gasteiger partial charge >= 0.3 is 0 Å². The second-order valence-electron chi connectivity index (χ2n) is 5.77. The van der Waals surface area contributed by atoms with Crippen LogP contribution >= 0.6 is 11.3 Å². The van der Waals surface area contributed by atoms with Gasteiger partial charge in [0.1, 0.15) is 0 Å². The third-order valence-electron chi connectivity index (χ3n) is 4.12. The Kier molecular flexibility index (Phi) is 4.04. The van der Waals surface area contributed by atoms with Crippen molar-refractivity contribution in [1.82, 2.24) is 4.57 Å². The van der Waals surface area contributed by atoms with Crippen molar-refractivity contribution in [3.63, 3.8) is 0 Å². The molecule has 1 amide bonds. The molecule has 4 heteroatoms. The lowest BCUT2D eigenvalue weighted by atomic mass is 10.1. The fraction of sp³-hybridized carbons (Fsp3) is 0.0476. The quantitative estimate of drug-likeness (QED) is 0.492. The molecule has 0 N–H and O–H groups in total. The second kappa shape index (κ2) is 6.49. The molecule has 1 heterocycles. The third-order valence-corrected chi connectivity index (χ3v) is 5.31. The third kappa shape index (κ3) is 3.04. The van der Waals surface area contributed by atoms with E-state index in [1.54, 1.807) is 17.4 Å². The number of carbonyl (C=O) groups excluding carboxylic acids is 1. The first-order valence-corrected chi connectivity index (χ1v) is 8.83. The lowest BCUT2D eigenvalue weighted by molar-refractivity contribution is -0.113. The molecule has 122 valence electrons. The van der Waals surface area contributed by atoms with Gasteiger partial charge in [-0.25, -0.2) is 0 Å². The number of carbonyl (C=O) groups is 1. The summed E-state index contributed by atoms with van der Waals surface area (Å²) in [5.41, 5.74) is 2.07. The zero-order chi connectivity index (χ0) is 17.2. The Hall–Kier alpha value is -2.98. The first kappa shape index (κ1) is 15.5. The Morgan fingerprint density at radius 3 is 2.60 bits per heavy atom. The molecule has 0 aliphatic carbocycles. The fourth-order valence-electron chi connectivity index (χ4n) is 2.83. The van der Waals surface area contributed by atoms with Gasteiger partial charge in [0.05, 0.1) is 10.2 Å². The molecule has 0 spiro atoms. The molecule has 0 saturated carbocycles. The lowest BCUT2D eigenvalue weighted by Crippen LogP contribution is -2.12. The molecular formula is C21H16N2OS. The Morgan fingerprint density at radius 1 is 1.00 bits per heavy atom. The van der Waals surface area contributed by atoms with Crippen LogP contribution in [0.25, 0.3) is 27.1 Å². The summed E-state index contributed by atoms with van der Waals surface area (Å²) in [7, 11) is 1.95. The number of hydrogen-bond acceptors (Lipinski definition) is 2. The normalized spacial score (nSPS) is 12.4. The van der Waals surface area contributed by atoms with E-state index in [4.69, 9.17) is 0 Å². The van der Waals surface area contributed by atoms with Crippen molar-refractivity contribution in [1.29, 1.82) is 0 Å². The predicted octanol–water partition coefficient (Wildman–Crippen LogP) is 4.53. The van der Waals surface area contributed by atoms with Crippen LogP contribution < -0.4 is 4.80 Å². The highest BCUT2D eigenvalue weighted by Crippen LogP contribution is 2.26. The summed E-state index contributed by atoms with van der Waals surface area (Å²) in [6.07, 6.45) is 3.30. The molecule has 1 aromatic heterocycles. The zero-order valence-corrected chi connectivity index (χ0v) is 14.5. The Labute approximate surface area is 149 Å². The van der Waals surface area contributed by atoms with E-state index in [-0.39, 0.29) is 5.91 Å². The van der Waals surface area contributed by atoms with E-state index < -0.39 is 0 Å². The highest BCUT2D eigenvalue weighted by molar-refractivity contribution is 7.17. The number of nitrogens with zero attached hydrogens (tertiary/aromatic N) is 2. The maximum atomic E-state index is 12.2. The number of aromatic nitrogens is 1. The van der Waals surface area contributed by atoms with Crippen LogP contribution in [0.1, 0.15) is 5.56 Å². The molecule has 0 saturated heterocycles. The number of aryl methyl sites for hydroxylation is 1. The fourth-order valence-corrected chi connectivity index (χ4v) is 3.99. The summed E-state index contributed by atoms with van der Waals surface area (Å²) < 4.78 is 3.12. The van der Waals surface area contributed by atoms with Crippen LogP contribution in [0.3, 0.4) is 0 Å². The van der Waals surface area contributed by atoms with Gasteiger partial charge in [-0.2, -0.15) is 4.99 Å². The Balaban J connectivity index is 1.77.